The molecule has 116 valence electrons. The van der Waals surface area contributed by atoms with Crippen LogP contribution < -0.4 is 5.84 Å². The third kappa shape index (κ3) is 1.89. The van der Waals surface area contributed by atoms with Crippen LogP contribution >= 0.6 is 0 Å². The molecule has 2 aliphatic rings. The van der Waals surface area contributed by atoms with Crippen LogP contribution in [0.3, 0.4) is 0 Å². The van der Waals surface area contributed by atoms with Gasteiger partial charge in [-0.25, -0.2) is 4.99 Å². The van der Waals surface area contributed by atoms with Crippen molar-refractivity contribution in [2.45, 2.75) is 0 Å². The molecule has 2 N–H and O–H groups in total. The van der Waals surface area contributed by atoms with Crippen molar-refractivity contribution in [1.29, 1.82) is 0 Å². The standard InChI is InChI=1S/C17H12N5O2/c18-22-10-12(15-8-11-4-1-2-5-13(11)24-15)19-9-16(22)20-17(21-22)14-6-3-7-23-14/h1-10H,18H2/q+1. The van der Waals surface area contributed by atoms with Gasteiger partial charge in [0.05, 0.1) is 6.26 Å². The zero-order chi connectivity index (χ0) is 16.1. The van der Waals surface area contributed by atoms with Crippen molar-refractivity contribution in [1.82, 2.24) is 0 Å². The molecule has 0 aliphatic carbocycles. The highest BCUT2D eigenvalue weighted by atomic mass is 16.3. The number of rotatable bonds is 2. The van der Waals surface area contributed by atoms with Crippen LogP contribution in [0.2, 0.25) is 0 Å². The van der Waals surface area contributed by atoms with Gasteiger partial charge in [0.25, 0.3) is 11.7 Å². The number of hydrogen-bond acceptors (Lipinski definition) is 6. The first-order valence-electron chi connectivity index (χ1n) is 7.38. The van der Waals surface area contributed by atoms with Crippen LogP contribution in [0.4, 0.5) is 0 Å². The van der Waals surface area contributed by atoms with Crippen molar-refractivity contribution in [2.75, 3.05) is 0 Å². The Balaban J connectivity index is 1.59. The van der Waals surface area contributed by atoms with Crippen LogP contribution in [-0.2, 0) is 0 Å². The summed E-state index contributed by atoms with van der Waals surface area (Å²) in [4.78, 5) is 8.80. The number of furan rings is 2. The van der Waals surface area contributed by atoms with Crippen LogP contribution in [0, 0.1) is 0 Å². The molecule has 0 radical (unpaired) electrons. The average molecular weight is 318 g/mol. The molecule has 7 nitrogen and oxygen atoms in total. The van der Waals surface area contributed by atoms with Crippen molar-refractivity contribution in [3.8, 4) is 0 Å². The predicted molar refractivity (Wildman–Crippen MR) is 89.8 cm³/mol. The molecule has 0 spiro atoms. The first-order valence-corrected chi connectivity index (χ1v) is 7.38. The lowest BCUT2D eigenvalue weighted by Crippen LogP contribution is -2.50. The Kier molecular flexibility index (Phi) is 2.53. The van der Waals surface area contributed by atoms with E-state index in [1.54, 1.807) is 30.8 Å². The SMILES string of the molecule is N[N+]12C=C(c3cc4ccccc4o3)N=CC1=NC(c1ccco1)=N2. The molecule has 1 aromatic carbocycles. The first-order chi connectivity index (χ1) is 11.7. The van der Waals surface area contributed by atoms with Crippen LogP contribution in [0.15, 0.2) is 78.8 Å². The van der Waals surface area contributed by atoms with E-state index in [0.717, 1.165) is 11.0 Å². The summed E-state index contributed by atoms with van der Waals surface area (Å²) in [6.07, 6.45) is 4.87. The van der Waals surface area contributed by atoms with Gasteiger partial charge < -0.3 is 8.83 Å². The highest BCUT2D eigenvalue weighted by Gasteiger charge is 2.40. The Labute approximate surface area is 136 Å². The number of nitrogens with zero attached hydrogens (tertiary/aromatic N) is 4. The van der Waals surface area contributed by atoms with E-state index >= 15 is 0 Å². The van der Waals surface area contributed by atoms with E-state index in [1.165, 1.54) is 0 Å². The van der Waals surface area contributed by atoms with Crippen LogP contribution in [0.5, 0.6) is 0 Å². The third-order valence-corrected chi connectivity index (χ3v) is 3.91. The van der Waals surface area contributed by atoms with E-state index in [4.69, 9.17) is 14.7 Å². The summed E-state index contributed by atoms with van der Waals surface area (Å²) in [6.45, 7) is 0. The number of amidine groups is 2. The quantitative estimate of drug-likeness (QED) is 0.582. The fourth-order valence-electron chi connectivity index (χ4n) is 2.73. The lowest BCUT2D eigenvalue weighted by molar-refractivity contribution is -0.802. The monoisotopic (exact) mass is 318 g/mol. The highest BCUT2D eigenvalue weighted by Crippen LogP contribution is 2.30. The Morgan fingerprint density at radius 1 is 1.04 bits per heavy atom. The Bertz CT molecular complexity index is 1040. The molecular formula is C17H12N5O2+. The molecule has 3 aromatic rings. The summed E-state index contributed by atoms with van der Waals surface area (Å²) < 4.78 is 10.9. The van der Waals surface area contributed by atoms with Crippen molar-refractivity contribution in [3.63, 3.8) is 0 Å². The average Bonchev–Trinajstić information content (AvgIpc) is 3.30. The van der Waals surface area contributed by atoms with Gasteiger partial charge in [0.1, 0.15) is 11.8 Å². The number of quaternary nitrogens is 1. The largest absolute Gasteiger partial charge is 0.461 e. The molecule has 2 aromatic heterocycles. The number of para-hydroxylation sites is 1. The van der Waals surface area contributed by atoms with Crippen molar-refractivity contribution in [2.24, 2.45) is 20.9 Å². The van der Waals surface area contributed by atoms with Gasteiger partial charge in [-0.05, 0) is 34.1 Å². The fourth-order valence-corrected chi connectivity index (χ4v) is 2.73. The van der Waals surface area contributed by atoms with Crippen molar-refractivity contribution < 1.29 is 13.5 Å². The predicted octanol–water partition coefficient (Wildman–Crippen LogP) is 2.87. The first kappa shape index (κ1) is 13.2. The second-order valence-corrected chi connectivity index (χ2v) is 5.53. The van der Waals surface area contributed by atoms with E-state index in [-0.39, 0.29) is 4.70 Å². The van der Waals surface area contributed by atoms with E-state index < -0.39 is 0 Å². The molecule has 1 unspecified atom stereocenters. The highest BCUT2D eigenvalue weighted by molar-refractivity contribution is 6.32. The second kappa shape index (κ2) is 4.60. The maximum atomic E-state index is 6.35. The van der Waals surface area contributed by atoms with E-state index in [9.17, 15) is 0 Å². The molecule has 5 rings (SSSR count). The molecule has 7 heteroatoms. The van der Waals surface area contributed by atoms with E-state index in [2.05, 4.69) is 15.1 Å². The van der Waals surface area contributed by atoms with Crippen molar-refractivity contribution in [3.05, 3.63) is 66.4 Å². The minimum Gasteiger partial charge on any atom is -0.461 e. The minimum absolute atomic E-state index is 0.314. The van der Waals surface area contributed by atoms with Crippen LogP contribution in [0.1, 0.15) is 11.5 Å². The van der Waals surface area contributed by atoms with Gasteiger partial charge in [-0.1, -0.05) is 18.2 Å². The summed E-state index contributed by atoms with van der Waals surface area (Å²) in [5, 5.41) is 5.45. The van der Waals surface area contributed by atoms with Gasteiger partial charge in [0, 0.05) is 5.39 Å². The molecule has 0 amide bonds. The normalized spacial score (nSPS) is 22.3. The lowest BCUT2D eigenvalue weighted by Gasteiger charge is -2.18. The summed E-state index contributed by atoms with van der Waals surface area (Å²) in [5.41, 5.74) is 1.41. The van der Waals surface area contributed by atoms with Gasteiger partial charge in [-0.2, -0.15) is 4.99 Å². The molecule has 1 atom stereocenters. The zero-order valence-electron chi connectivity index (χ0n) is 12.5. The third-order valence-electron chi connectivity index (χ3n) is 3.91. The fraction of sp³-hybridized carbons (Fsp3) is 0. The minimum atomic E-state index is -0.314. The maximum Gasteiger partial charge on any atom is 0.300 e. The molecule has 0 bridgehead atoms. The van der Waals surface area contributed by atoms with E-state index in [1.807, 2.05) is 30.3 Å². The van der Waals surface area contributed by atoms with Gasteiger partial charge in [0.15, 0.2) is 23.4 Å². The van der Waals surface area contributed by atoms with Gasteiger partial charge >= 0.3 is 0 Å². The zero-order valence-corrected chi connectivity index (χ0v) is 12.5. The second-order valence-electron chi connectivity index (χ2n) is 5.53. The van der Waals surface area contributed by atoms with Gasteiger partial charge in [-0.15, -0.1) is 5.84 Å². The number of fused-ring (bicyclic) bond motifs is 2. The molecule has 0 fully saturated rings. The molecule has 0 saturated heterocycles. The smallest absolute Gasteiger partial charge is 0.300 e. The number of aliphatic imine (C=N–C) groups is 2. The topological polar surface area (TPSA) is 89.4 Å². The van der Waals surface area contributed by atoms with Crippen LogP contribution in [-0.4, -0.2) is 22.6 Å². The maximum absolute atomic E-state index is 6.35. The number of benzene rings is 1. The summed E-state index contributed by atoms with van der Waals surface area (Å²) >= 11 is 0. The Hall–Kier alpha value is -3.29. The van der Waals surface area contributed by atoms with E-state index in [0.29, 0.717) is 28.9 Å². The molecular weight excluding hydrogens is 306 g/mol. The van der Waals surface area contributed by atoms with Crippen LogP contribution in [0.25, 0.3) is 16.7 Å². The molecule has 2 aliphatic heterocycles. The molecule has 0 saturated carbocycles. The summed E-state index contributed by atoms with van der Waals surface area (Å²) in [5.74, 6) is 8.50. The summed E-state index contributed by atoms with van der Waals surface area (Å²) in [7, 11) is 0. The Morgan fingerprint density at radius 2 is 1.96 bits per heavy atom. The molecule has 24 heavy (non-hydrogen) atoms. The van der Waals surface area contributed by atoms with Crippen molar-refractivity contribution >= 4 is 34.6 Å². The van der Waals surface area contributed by atoms with Gasteiger partial charge in [-0.3, -0.25) is 0 Å². The Morgan fingerprint density at radius 3 is 2.79 bits per heavy atom. The lowest BCUT2D eigenvalue weighted by atomic mass is 10.2. The van der Waals surface area contributed by atoms with Gasteiger partial charge in [0.2, 0.25) is 0 Å². The molecule has 4 heterocycles. The number of nitrogens with two attached hydrogens (primary N) is 1. The summed E-state index contributed by atoms with van der Waals surface area (Å²) in [6, 6.07) is 13.3. The number of hydrogen-bond donors (Lipinski definition) is 1.